The fourth-order valence-corrected chi connectivity index (χ4v) is 4.42. The Balaban J connectivity index is 1.66. The van der Waals surface area contributed by atoms with Crippen molar-refractivity contribution in [2.75, 3.05) is 71.1 Å². The number of nitrogens with one attached hydrogen (secondary N) is 2. The van der Waals surface area contributed by atoms with Gasteiger partial charge in [-0.15, -0.1) is 0 Å². The SMILES string of the molecule is COCC(=O)N1CCCCCCCNCc2cc(C(=O)NCCCN3CCOCC3)ccc21. The maximum atomic E-state index is 12.8. The van der Waals surface area contributed by atoms with Gasteiger partial charge in [-0.3, -0.25) is 14.5 Å². The van der Waals surface area contributed by atoms with Crippen LogP contribution in [0.4, 0.5) is 5.69 Å². The molecular weight excluding hydrogens is 420 g/mol. The molecule has 0 spiro atoms. The van der Waals surface area contributed by atoms with Crippen molar-refractivity contribution >= 4 is 17.5 Å². The molecule has 2 aliphatic rings. The number of rotatable bonds is 7. The Bertz CT molecular complexity index is 752. The number of amides is 2. The van der Waals surface area contributed by atoms with Gasteiger partial charge in [0.05, 0.1) is 13.2 Å². The number of morpholine rings is 1. The number of methoxy groups -OCH3 is 1. The lowest BCUT2D eigenvalue weighted by atomic mass is 10.0. The van der Waals surface area contributed by atoms with E-state index < -0.39 is 0 Å². The number of fused-ring (bicyclic) bond motifs is 1. The van der Waals surface area contributed by atoms with E-state index in [9.17, 15) is 9.59 Å². The van der Waals surface area contributed by atoms with E-state index in [0.29, 0.717) is 25.2 Å². The standard InChI is InChI=1S/C25H40N4O4/c1-32-20-24(30)29-13-6-4-2-3-5-10-26-19-22-18-21(8-9-23(22)29)25(31)27-11-7-12-28-14-16-33-17-15-28/h8-9,18,26H,2-7,10-17,19-20H2,1H3,(H,27,31). The molecule has 2 heterocycles. The number of ether oxygens (including phenoxy) is 2. The molecule has 0 unspecified atom stereocenters. The van der Waals surface area contributed by atoms with Crippen molar-refractivity contribution < 1.29 is 19.1 Å². The van der Waals surface area contributed by atoms with E-state index in [4.69, 9.17) is 9.47 Å². The summed E-state index contributed by atoms with van der Waals surface area (Å²) >= 11 is 0. The molecule has 1 fully saturated rings. The van der Waals surface area contributed by atoms with Crippen LogP contribution in [-0.2, 0) is 20.8 Å². The van der Waals surface area contributed by atoms with E-state index in [1.165, 1.54) is 12.8 Å². The van der Waals surface area contributed by atoms with Gasteiger partial charge in [0, 0.05) is 51.1 Å². The second-order valence-electron chi connectivity index (χ2n) is 8.83. The molecule has 3 rings (SSSR count). The van der Waals surface area contributed by atoms with Gasteiger partial charge in [-0.25, -0.2) is 0 Å². The normalized spacial score (nSPS) is 18.6. The molecule has 1 aromatic carbocycles. The minimum Gasteiger partial charge on any atom is -0.379 e. The fourth-order valence-electron chi connectivity index (χ4n) is 4.42. The largest absolute Gasteiger partial charge is 0.379 e. The van der Waals surface area contributed by atoms with Crippen molar-refractivity contribution in [2.24, 2.45) is 0 Å². The average Bonchev–Trinajstić information content (AvgIpc) is 2.83. The van der Waals surface area contributed by atoms with Crippen molar-refractivity contribution in [1.29, 1.82) is 0 Å². The van der Waals surface area contributed by atoms with Gasteiger partial charge in [-0.05, 0) is 56.1 Å². The Hall–Kier alpha value is -2.00. The Kier molecular flexibility index (Phi) is 11.1. The zero-order valence-electron chi connectivity index (χ0n) is 20.1. The van der Waals surface area contributed by atoms with Crippen LogP contribution in [0, 0.1) is 0 Å². The van der Waals surface area contributed by atoms with Gasteiger partial charge in [-0.2, -0.15) is 0 Å². The van der Waals surface area contributed by atoms with Crippen LogP contribution in [0.5, 0.6) is 0 Å². The first-order chi connectivity index (χ1) is 16.2. The van der Waals surface area contributed by atoms with E-state index >= 15 is 0 Å². The Morgan fingerprint density at radius 2 is 1.88 bits per heavy atom. The predicted molar refractivity (Wildman–Crippen MR) is 130 cm³/mol. The zero-order chi connectivity index (χ0) is 23.3. The fraction of sp³-hybridized carbons (Fsp3) is 0.680. The van der Waals surface area contributed by atoms with Gasteiger partial charge in [0.1, 0.15) is 6.61 Å². The summed E-state index contributed by atoms with van der Waals surface area (Å²) in [7, 11) is 1.55. The van der Waals surface area contributed by atoms with Gasteiger partial charge in [0.2, 0.25) is 0 Å². The lowest BCUT2D eigenvalue weighted by Gasteiger charge is -2.27. The summed E-state index contributed by atoms with van der Waals surface area (Å²) in [4.78, 5) is 29.8. The molecule has 1 aromatic rings. The molecule has 0 bridgehead atoms. The maximum Gasteiger partial charge on any atom is 0.252 e. The Labute approximate surface area is 198 Å². The van der Waals surface area contributed by atoms with E-state index in [1.54, 1.807) is 7.11 Å². The van der Waals surface area contributed by atoms with Crippen LogP contribution in [0.3, 0.4) is 0 Å². The molecule has 0 saturated carbocycles. The van der Waals surface area contributed by atoms with E-state index in [0.717, 1.165) is 76.3 Å². The van der Waals surface area contributed by atoms with Crippen molar-refractivity contribution in [2.45, 2.75) is 45.1 Å². The third kappa shape index (κ3) is 8.37. The number of hydrogen-bond donors (Lipinski definition) is 2. The summed E-state index contributed by atoms with van der Waals surface area (Å²) in [6.07, 6.45) is 6.51. The van der Waals surface area contributed by atoms with E-state index in [2.05, 4.69) is 15.5 Å². The smallest absolute Gasteiger partial charge is 0.252 e. The summed E-state index contributed by atoms with van der Waals surface area (Å²) in [6, 6.07) is 5.67. The van der Waals surface area contributed by atoms with Crippen LogP contribution < -0.4 is 15.5 Å². The lowest BCUT2D eigenvalue weighted by molar-refractivity contribution is -0.122. The van der Waals surface area contributed by atoms with Gasteiger partial charge in [0.25, 0.3) is 11.8 Å². The minimum absolute atomic E-state index is 0.0453. The molecule has 8 heteroatoms. The third-order valence-electron chi connectivity index (χ3n) is 6.29. The van der Waals surface area contributed by atoms with Gasteiger partial charge >= 0.3 is 0 Å². The number of benzene rings is 1. The van der Waals surface area contributed by atoms with Crippen LogP contribution in [0.15, 0.2) is 18.2 Å². The summed E-state index contributed by atoms with van der Waals surface area (Å²) < 4.78 is 10.5. The zero-order valence-corrected chi connectivity index (χ0v) is 20.1. The Morgan fingerprint density at radius 3 is 2.70 bits per heavy atom. The maximum absolute atomic E-state index is 12.8. The topological polar surface area (TPSA) is 83.1 Å². The summed E-state index contributed by atoms with van der Waals surface area (Å²) in [5.41, 5.74) is 2.48. The summed E-state index contributed by atoms with van der Waals surface area (Å²) in [6.45, 7) is 7.40. The second-order valence-corrected chi connectivity index (χ2v) is 8.83. The molecule has 0 aliphatic carbocycles. The molecule has 2 aliphatic heterocycles. The third-order valence-corrected chi connectivity index (χ3v) is 6.29. The highest BCUT2D eigenvalue weighted by atomic mass is 16.5. The van der Waals surface area contributed by atoms with Crippen LogP contribution in [0.25, 0.3) is 0 Å². The molecule has 184 valence electrons. The summed E-state index contributed by atoms with van der Waals surface area (Å²) in [5.74, 6) is -0.114. The molecule has 0 aromatic heterocycles. The van der Waals surface area contributed by atoms with E-state index in [-0.39, 0.29) is 18.4 Å². The van der Waals surface area contributed by atoms with Gasteiger partial charge < -0.3 is 25.0 Å². The first-order valence-electron chi connectivity index (χ1n) is 12.4. The second kappa shape index (κ2) is 14.3. The summed E-state index contributed by atoms with van der Waals surface area (Å²) in [5, 5.41) is 6.54. The van der Waals surface area contributed by atoms with Crippen molar-refractivity contribution in [3.05, 3.63) is 29.3 Å². The van der Waals surface area contributed by atoms with Crippen molar-refractivity contribution in [1.82, 2.24) is 15.5 Å². The molecule has 8 nitrogen and oxygen atoms in total. The molecule has 0 radical (unpaired) electrons. The highest BCUT2D eigenvalue weighted by Crippen LogP contribution is 2.24. The first kappa shape index (κ1) is 25.6. The number of nitrogens with zero attached hydrogens (tertiary/aromatic N) is 2. The van der Waals surface area contributed by atoms with Crippen LogP contribution in [-0.4, -0.2) is 82.9 Å². The van der Waals surface area contributed by atoms with Crippen molar-refractivity contribution in [3.8, 4) is 0 Å². The predicted octanol–water partition coefficient (Wildman–Crippen LogP) is 2.17. The quantitative estimate of drug-likeness (QED) is 0.607. The molecule has 2 amide bonds. The lowest BCUT2D eigenvalue weighted by Crippen LogP contribution is -2.38. The highest BCUT2D eigenvalue weighted by molar-refractivity contribution is 5.98. The molecule has 1 saturated heterocycles. The minimum atomic E-state index is -0.0688. The Morgan fingerprint density at radius 1 is 1.09 bits per heavy atom. The number of anilines is 1. The average molecular weight is 461 g/mol. The number of carbonyl (C=O) groups is 2. The molecule has 33 heavy (non-hydrogen) atoms. The molecule has 2 N–H and O–H groups in total. The first-order valence-corrected chi connectivity index (χ1v) is 12.4. The molecule has 0 atom stereocenters. The highest BCUT2D eigenvalue weighted by Gasteiger charge is 2.20. The van der Waals surface area contributed by atoms with Gasteiger partial charge in [-0.1, -0.05) is 19.3 Å². The number of carbonyl (C=O) groups excluding carboxylic acids is 2. The van der Waals surface area contributed by atoms with E-state index in [1.807, 2.05) is 23.1 Å². The van der Waals surface area contributed by atoms with Crippen LogP contribution >= 0.6 is 0 Å². The van der Waals surface area contributed by atoms with Crippen molar-refractivity contribution in [3.63, 3.8) is 0 Å². The number of hydrogen-bond acceptors (Lipinski definition) is 6. The van der Waals surface area contributed by atoms with Crippen LogP contribution in [0.2, 0.25) is 0 Å². The molecular formula is C25H40N4O4. The monoisotopic (exact) mass is 460 g/mol. The van der Waals surface area contributed by atoms with Gasteiger partial charge in [0.15, 0.2) is 0 Å². The van der Waals surface area contributed by atoms with Crippen LogP contribution in [0.1, 0.15) is 54.4 Å².